The van der Waals surface area contributed by atoms with Crippen molar-refractivity contribution >= 4 is 0 Å². The summed E-state index contributed by atoms with van der Waals surface area (Å²) in [5, 5.41) is 6.29. The van der Waals surface area contributed by atoms with Crippen molar-refractivity contribution in [1.82, 2.24) is 10.6 Å². The highest BCUT2D eigenvalue weighted by Gasteiger charge is 2.04. The fraction of sp³-hybridized carbons (Fsp3) is 0.750. The van der Waals surface area contributed by atoms with Gasteiger partial charge in [-0.2, -0.15) is 0 Å². The van der Waals surface area contributed by atoms with Crippen LogP contribution in [0.3, 0.4) is 0 Å². The number of nitrogens with one attached hydrogen (secondary N) is 2. The minimum atomic E-state index is 0.630. The van der Waals surface area contributed by atoms with E-state index in [0.717, 1.165) is 6.67 Å². The molecule has 10 heavy (non-hydrogen) atoms. The molecule has 1 heterocycles. The maximum absolute atomic E-state index is 3.21. The summed E-state index contributed by atoms with van der Waals surface area (Å²) < 4.78 is 0. The van der Waals surface area contributed by atoms with E-state index in [9.17, 15) is 0 Å². The molecule has 0 aromatic heterocycles. The Balaban J connectivity index is 0.000000371. The first-order valence-electron chi connectivity index (χ1n) is 3.98. The predicted octanol–water partition coefficient (Wildman–Crippen LogP) is 1.66. The Morgan fingerprint density at radius 1 is 1.40 bits per heavy atom. The van der Waals surface area contributed by atoms with E-state index in [-0.39, 0.29) is 0 Å². The Kier molecular flexibility index (Phi) is 4.81. The van der Waals surface area contributed by atoms with Crippen molar-refractivity contribution < 1.29 is 0 Å². The molecule has 0 radical (unpaired) electrons. The van der Waals surface area contributed by atoms with E-state index in [4.69, 9.17) is 0 Å². The zero-order chi connectivity index (χ0) is 7.98. The third kappa shape index (κ3) is 2.76. The third-order valence-electron chi connectivity index (χ3n) is 1.27. The van der Waals surface area contributed by atoms with Crippen LogP contribution in [0.1, 0.15) is 27.7 Å². The van der Waals surface area contributed by atoms with Crippen LogP contribution in [0.15, 0.2) is 11.9 Å². The Bertz CT molecular complexity index is 106. The lowest BCUT2D eigenvalue weighted by Crippen LogP contribution is -2.16. The van der Waals surface area contributed by atoms with Crippen molar-refractivity contribution in [1.29, 1.82) is 0 Å². The van der Waals surface area contributed by atoms with E-state index >= 15 is 0 Å². The Morgan fingerprint density at radius 3 is 2.20 bits per heavy atom. The van der Waals surface area contributed by atoms with Crippen LogP contribution < -0.4 is 10.6 Å². The van der Waals surface area contributed by atoms with Gasteiger partial charge in [0, 0.05) is 11.9 Å². The monoisotopic (exact) mass is 142 g/mol. The van der Waals surface area contributed by atoms with Crippen molar-refractivity contribution in [2.45, 2.75) is 27.7 Å². The maximum atomic E-state index is 3.21. The van der Waals surface area contributed by atoms with Crippen molar-refractivity contribution in [3.8, 4) is 0 Å². The highest BCUT2D eigenvalue weighted by molar-refractivity contribution is 5.05. The van der Waals surface area contributed by atoms with Crippen LogP contribution in [0, 0.1) is 5.92 Å². The Hall–Kier alpha value is -0.660. The van der Waals surface area contributed by atoms with Crippen LogP contribution in [0.2, 0.25) is 0 Å². The third-order valence-corrected chi connectivity index (χ3v) is 1.27. The van der Waals surface area contributed by atoms with Gasteiger partial charge < -0.3 is 10.6 Å². The number of hydrogen-bond donors (Lipinski definition) is 2. The molecular formula is C8H18N2. The lowest BCUT2D eigenvalue weighted by Gasteiger charge is -2.03. The Morgan fingerprint density at radius 2 is 2.00 bits per heavy atom. The minimum absolute atomic E-state index is 0.630. The quantitative estimate of drug-likeness (QED) is 0.582. The lowest BCUT2D eigenvalue weighted by atomic mass is 10.2. The number of rotatable bonds is 1. The average molecular weight is 142 g/mol. The van der Waals surface area contributed by atoms with E-state index in [1.165, 1.54) is 5.70 Å². The molecule has 0 aliphatic carbocycles. The number of allylic oxidation sites excluding steroid dienone is 1. The zero-order valence-electron chi connectivity index (χ0n) is 7.36. The first kappa shape index (κ1) is 9.34. The number of hydrogen-bond acceptors (Lipinski definition) is 2. The lowest BCUT2D eigenvalue weighted by molar-refractivity contribution is 0.684. The smallest absolute Gasteiger partial charge is 0.0843 e. The largest absolute Gasteiger partial charge is 0.372 e. The molecule has 0 atom stereocenters. The van der Waals surface area contributed by atoms with E-state index in [1.54, 1.807) is 0 Å². The van der Waals surface area contributed by atoms with Gasteiger partial charge in [-0.25, -0.2) is 0 Å². The summed E-state index contributed by atoms with van der Waals surface area (Å²) in [4.78, 5) is 0. The van der Waals surface area contributed by atoms with E-state index < -0.39 is 0 Å². The van der Waals surface area contributed by atoms with Gasteiger partial charge >= 0.3 is 0 Å². The van der Waals surface area contributed by atoms with E-state index in [0.29, 0.717) is 5.92 Å². The molecule has 0 unspecified atom stereocenters. The van der Waals surface area contributed by atoms with Crippen LogP contribution in [0.4, 0.5) is 0 Å². The standard InChI is InChI=1S/C6H12N2.C2H6/c1-5(2)6-3-7-4-8-6;1-2/h3,5,7-8H,4H2,1-2H3;1-2H3. The van der Waals surface area contributed by atoms with Crippen molar-refractivity contribution in [3.63, 3.8) is 0 Å². The zero-order valence-corrected chi connectivity index (χ0v) is 7.36. The first-order valence-corrected chi connectivity index (χ1v) is 3.98. The summed E-state index contributed by atoms with van der Waals surface area (Å²) in [6, 6.07) is 0. The fourth-order valence-corrected chi connectivity index (χ4v) is 0.736. The van der Waals surface area contributed by atoms with Crippen molar-refractivity contribution in [2.75, 3.05) is 6.67 Å². The van der Waals surface area contributed by atoms with Gasteiger partial charge in [0.15, 0.2) is 0 Å². The molecule has 2 heteroatoms. The van der Waals surface area contributed by atoms with Crippen LogP contribution in [-0.4, -0.2) is 6.67 Å². The van der Waals surface area contributed by atoms with Crippen LogP contribution in [-0.2, 0) is 0 Å². The predicted molar refractivity (Wildman–Crippen MR) is 45.4 cm³/mol. The molecule has 0 spiro atoms. The second-order valence-corrected chi connectivity index (χ2v) is 2.31. The molecule has 2 nitrogen and oxygen atoms in total. The van der Waals surface area contributed by atoms with Gasteiger partial charge in [-0.1, -0.05) is 27.7 Å². The van der Waals surface area contributed by atoms with Crippen LogP contribution in [0.5, 0.6) is 0 Å². The minimum Gasteiger partial charge on any atom is -0.372 e. The summed E-state index contributed by atoms with van der Waals surface area (Å²) >= 11 is 0. The molecule has 2 N–H and O–H groups in total. The summed E-state index contributed by atoms with van der Waals surface area (Å²) in [6.45, 7) is 9.24. The van der Waals surface area contributed by atoms with Gasteiger partial charge in [0.05, 0.1) is 6.67 Å². The van der Waals surface area contributed by atoms with Gasteiger partial charge in [-0.3, -0.25) is 0 Å². The van der Waals surface area contributed by atoms with Gasteiger partial charge in [-0.15, -0.1) is 0 Å². The van der Waals surface area contributed by atoms with Crippen molar-refractivity contribution in [2.24, 2.45) is 5.92 Å². The molecule has 1 rings (SSSR count). The second-order valence-electron chi connectivity index (χ2n) is 2.31. The van der Waals surface area contributed by atoms with Gasteiger partial charge in [0.2, 0.25) is 0 Å². The van der Waals surface area contributed by atoms with Gasteiger partial charge in [0.1, 0.15) is 0 Å². The summed E-state index contributed by atoms with van der Waals surface area (Å²) in [7, 11) is 0. The molecule has 0 aromatic rings. The first-order chi connectivity index (χ1) is 4.80. The highest BCUT2D eigenvalue weighted by atomic mass is 15.1. The maximum Gasteiger partial charge on any atom is 0.0843 e. The van der Waals surface area contributed by atoms with E-state index in [1.807, 2.05) is 20.0 Å². The summed E-state index contributed by atoms with van der Waals surface area (Å²) in [6.07, 6.45) is 2.03. The molecule has 0 saturated heterocycles. The average Bonchev–Trinajstić information content (AvgIpc) is 2.42. The van der Waals surface area contributed by atoms with Gasteiger partial charge in [-0.05, 0) is 5.92 Å². The molecule has 0 bridgehead atoms. The van der Waals surface area contributed by atoms with Gasteiger partial charge in [0.25, 0.3) is 0 Å². The molecule has 0 saturated carbocycles. The molecule has 1 aliphatic heterocycles. The van der Waals surface area contributed by atoms with Crippen LogP contribution in [0.25, 0.3) is 0 Å². The molecule has 60 valence electrons. The Labute approximate surface area is 63.7 Å². The molecule has 0 fully saturated rings. The topological polar surface area (TPSA) is 24.1 Å². The van der Waals surface area contributed by atoms with E-state index in [2.05, 4.69) is 24.5 Å². The highest BCUT2D eigenvalue weighted by Crippen LogP contribution is 2.05. The molecular weight excluding hydrogens is 124 g/mol. The SMILES string of the molecule is CC.CC(C)C1=CNCN1. The molecule has 0 amide bonds. The normalized spacial score (nSPS) is 14.7. The summed E-state index contributed by atoms with van der Waals surface area (Å²) in [5.41, 5.74) is 1.31. The summed E-state index contributed by atoms with van der Waals surface area (Å²) in [5.74, 6) is 0.630. The fourth-order valence-electron chi connectivity index (χ4n) is 0.736. The van der Waals surface area contributed by atoms with Crippen molar-refractivity contribution in [3.05, 3.63) is 11.9 Å². The molecule has 0 aromatic carbocycles. The molecule has 1 aliphatic rings. The van der Waals surface area contributed by atoms with Crippen LogP contribution >= 0.6 is 0 Å². The second kappa shape index (κ2) is 5.15.